The Bertz CT molecular complexity index is 571. The fraction of sp³-hybridized carbons (Fsp3) is 0.250. The Labute approximate surface area is 123 Å². The summed E-state index contributed by atoms with van der Waals surface area (Å²) in [6.07, 6.45) is 0. The van der Waals surface area contributed by atoms with E-state index in [9.17, 15) is 4.39 Å². The molecule has 1 unspecified atom stereocenters. The van der Waals surface area contributed by atoms with Crippen LogP contribution in [-0.4, -0.2) is 13.7 Å². The van der Waals surface area contributed by atoms with Crippen LogP contribution in [0.25, 0.3) is 0 Å². The molecule has 0 radical (unpaired) electrons. The molecule has 2 aromatic rings. The van der Waals surface area contributed by atoms with Gasteiger partial charge in [0.1, 0.15) is 11.6 Å². The van der Waals surface area contributed by atoms with E-state index >= 15 is 0 Å². The number of nitrogens with one attached hydrogen (secondary N) is 1. The normalized spacial score (nSPS) is 12.2. The molecule has 0 bridgehead atoms. The van der Waals surface area contributed by atoms with Gasteiger partial charge < -0.3 is 10.1 Å². The van der Waals surface area contributed by atoms with Crippen LogP contribution >= 0.6 is 11.6 Å². The summed E-state index contributed by atoms with van der Waals surface area (Å²) in [6, 6.07) is 11.9. The Morgan fingerprint density at radius 3 is 2.50 bits per heavy atom. The summed E-state index contributed by atoms with van der Waals surface area (Å²) in [5.74, 6) is 0.506. The lowest BCUT2D eigenvalue weighted by molar-refractivity contribution is 0.414. The molecule has 0 aliphatic rings. The maximum atomic E-state index is 14.1. The third-order valence-corrected chi connectivity index (χ3v) is 3.36. The van der Waals surface area contributed by atoms with Gasteiger partial charge >= 0.3 is 0 Å². The van der Waals surface area contributed by atoms with Crippen molar-refractivity contribution < 1.29 is 9.13 Å². The fourth-order valence-electron chi connectivity index (χ4n) is 2.14. The van der Waals surface area contributed by atoms with E-state index in [-0.39, 0.29) is 11.9 Å². The van der Waals surface area contributed by atoms with Crippen molar-refractivity contribution in [2.45, 2.75) is 13.0 Å². The van der Waals surface area contributed by atoms with Gasteiger partial charge in [-0.25, -0.2) is 4.39 Å². The van der Waals surface area contributed by atoms with E-state index in [1.165, 1.54) is 6.07 Å². The molecule has 0 aromatic heterocycles. The van der Waals surface area contributed by atoms with E-state index in [0.29, 0.717) is 10.6 Å². The van der Waals surface area contributed by atoms with Gasteiger partial charge in [0.15, 0.2) is 0 Å². The van der Waals surface area contributed by atoms with E-state index < -0.39 is 0 Å². The summed E-state index contributed by atoms with van der Waals surface area (Å²) in [6.45, 7) is 2.71. The predicted molar refractivity (Wildman–Crippen MR) is 79.9 cm³/mol. The Balaban J connectivity index is 2.41. The molecule has 2 rings (SSSR count). The van der Waals surface area contributed by atoms with Crippen LogP contribution in [-0.2, 0) is 0 Å². The maximum Gasteiger partial charge on any atom is 0.128 e. The first-order valence-electron chi connectivity index (χ1n) is 6.48. The minimum atomic E-state index is -0.267. The van der Waals surface area contributed by atoms with Gasteiger partial charge in [-0.1, -0.05) is 30.7 Å². The van der Waals surface area contributed by atoms with Gasteiger partial charge in [-0.2, -0.15) is 0 Å². The molecule has 1 N–H and O–H groups in total. The van der Waals surface area contributed by atoms with Gasteiger partial charge in [0, 0.05) is 10.6 Å². The van der Waals surface area contributed by atoms with Crippen molar-refractivity contribution in [3.8, 4) is 5.75 Å². The summed E-state index contributed by atoms with van der Waals surface area (Å²) < 4.78 is 19.2. The summed E-state index contributed by atoms with van der Waals surface area (Å²) in [5.41, 5.74) is 1.51. The van der Waals surface area contributed by atoms with Crippen LogP contribution in [0.2, 0.25) is 5.02 Å². The molecular formula is C16H17ClFNO. The number of rotatable bonds is 5. The molecule has 0 fully saturated rings. The van der Waals surface area contributed by atoms with Crippen LogP contribution in [0, 0.1) is 5.82 Å². The zero-order valence-corrected chi connectivity index (χ0v) is 12.2. The minimum absolute atomic E-state index is 0.232. The van der Waals surface area contributed by atoms with Gasteiger partial charge in [0.25, 0.3) is 0 Å². The highest BCUT2D eigenvalue weighted by Crippen LogP contribution is 2.28. The standard InChI is InChI=1S/C16H17ClFNO/c1-3-19-16(11-4-7-13(20-2)8-5-11)14-10-12(17)6-9-15(14)18/h4-10,16,19H,3H2,1-2H3. The van der Waals surface area contributed by atoms with Crippen LogP contribution in [0.1, 0.15) is 24.1 Å². The van der Waals surface area contributed by atoms with E-state index in [1.807, 2.05) is 31.2 Å². The molecule has 2 nitrogen and oxygen atoms in total. The zero-order chi connectivity index (χ0) is 14.5. The number of hydrogen-bond acceptors (Lipinski definition) is 2. The molecule has 106 valence electrons. The quantitative estimate of drug-likeness (QED) is 0.892. The lowest BCUT2D eigenvalue weighted by Gasteiger charge is -2.20. The van der Waals surface area contributed by atoms with Crippen molar-refractivity contribution in [2.24, 2.45) is 0 Å². The second-order valence-electron chi connectivity index (χ2n) is 4.43. The zero-order valence-electron chi connectivity index (χ0n) is 11.5. The van der Waals surface area contributed by atoms with E-state index in [4.69, 9.17) is 16.3 Å². The molecule has 0 spiro atoms. The predicted octanol–water partition coefficient (Wildman–Crippen LogP) is 4.19. The van der Waals surface area contributed by atoms with Crippen molar-refractivity contribution in [3.05, 3.63) is 64.4 Å². The first kappa shape index (κ1) is 14.8. The van der Waals surface area contributed by atoms with Crippen LogP contribution in [0.4, 0.5) is 4.39 Å². The largest absolute Gasteiger partial charge is 0.497 e. The third-order valence-electron chi connectivity index (χ3n) is 3.13. The van der Waals surface area contributed by atoms with Crippen molar-refractivity contribution in [1.82, 2.24) is 5.32 Å². The smallest absolute Gasteiger partial charge is 0.128 e. The lowest BCUT2D eigenvalue weighted by Crippen LogP contribution is -2.23. The first-order chi connectivity index (χ1) is 9.65. The molecule has 0 amide bonds. The van der Waals surface area contributed by atoms with Crippen LogP contribution in [0.3, 0.4) is 0 Å². The average molecular weight is 294 g/mol. The monoisotopic (exact) mass is 293 g/mol. The van der Waals surface area contributed by atoms with Gasteiger partial charge in [-0.15, -0.1) is 0 Å². The molecule has 20 heavy (non-hydrogen) atoms. The highest BCUT2D eigenvalue weighted by Gasteiger charge is 2.17. The molecule has 2 aromatic carbocycles. The number of ether oxygens (including phenoxy) is 1. The Morgan fingerprint density at radius 1 is 1.20 bits per heavy atom. The Kier molecular flexibility index (Phi) is 4.99. The summed E-state index contributed by atoms with van der Waals surface area (Å²) in [5, 5.41) is 3.81. The van der Waals surface area contributed by atoms with E-state index in [2.05, 4.69) is 5.32 Å². The Morgan fingerprint density at radius 2 is 1.90 bits per heavy atom. The van der Waals surface area contributed by atoms with Crippen molar-refractivity contribution in [2.75, 3.05) is 13.7 Å². The third kappa shape index (κ3) is 3.30. The molecular weight excluding hydrogens is 277 g/mol. The van der Waals surface area contributed by atoms with Gasteiger partial charge in [0.05, 0.1) is 13.2 Å². The first-order valence-corrected chi connectivity index (χ1v) is 6.85. The summed E-state index contributed by atoms with van der Waals surface area (Å²) >= 11 is 5.98. The average Bonchev–Trinajstić information content (AvgIpc) is 2.48. The molecule has 0 saturated heterocycles. The van der Waals surface area contributed by atoms with Gasteiger partial charge in [-0.3, -0.25) is 0 Å². The van der Waals surface area contributed by atoms with Crippen molar-refractivity contribution >= 4 is 11.6 Å². The highest BCUT2D eigenvalue weighted by atomic mass is 35.5. The van der Waals surface area contributed by atoms with Crippen molar-refractivity contribution in [1.29, 1.82) is 0 Å². The van der Waals surface area contributed by atoms with Crippen LogP contribution in [0.5, 0.6) is 5.75 Å². The van der Waals surface area contributed by atoms with Crippen LogP contribution in [0.15, 0.2) is 42.5 Å². The SMILES string of the molecule is CCNC(c1ccc(OC)cc1)c1cc(Cl)ccc1F. The lowest BCUT2D eigenvalue weighted by atomic mass is 9.98. The summed E-state index contributed by atoms with van der Waals surface area (Å²) in [4.78, 5) is 0. The molecule has 0 heterocycles. The van der Waals surface area contributed by atoms with Crippen LogP contribution < -0.4 is 10.1 Å². The maximum absolute atomic E-state index is 14.1. The number of hydrogen-bond donors (Lipinski definition) is 1. The fourth-order valence-corrected chi connectivity index (χ4v) is 2.32. The molecule has 0 aliphatic heterocycles. The topological polar surface area (TPSA) is 21.3 Å². The summed E-state index contributed by atoms with van der Waals surface area (Å²) in [7, 11) is 1.62. The number of halogens is 2. The molecule has 1 atom stereocenters. The number of methoxy groups -OCH3 is 1. The number of benzene rings is 2. The highest BCUT2D eigenvalue weighted by molar-refractivity contribution is 6.30. The minimum Gasteiger partial charge on any atom is -0.497 e. The van der Waals surface area contributed by atoms with E-state index in [1.54, 1.807) is 19.2 Å². The Hall–Kier alpha value is -1.58. The second-order valence-corrected chi connectivity index (χ2v) is 4.87. The van der Waals surface area contributed by atoms with Gasteiger partial charge in [0.2, 0.25) is 0 Å². The van der Waals surface area contributed by atoms with Gasteiger partial charge in [-0.05, 0) is 42.4 Å². The van der Waals surface area contributed by atoms with Crippen molar-refractivity contribution in [3.63, 3.8) is 0 Å². The molecule has 0 saturated carbocycles. The van der Waals surface area contributed by atoms with E-state index in [0.717, 1.165) is 17.9 Å². The molecule has 4 heteroatoms. The molecule has 0 aliphatic carbocycles. The second kappa shape index (κ2) is 6.73.